The molecule has 0 amide bonds. The van der Waals surface area contributed by atoms with Crippen LogP contribution >= 0.6 is 0 Å². The Balaban J connectivity index is -0.00000112. The molecule has 0 aliphatic heterocycles. The summed E-state index contributed by atoms with van der Waals surface area (Å²) in [5.74, 6) is 0.962. The zero-order valence-electron chi connectivity index (χ0n) is 13.9. The molecule has 0 rings (SSSR count). The van der Waals surface area contributed by atoms with Gasteiger partial charge in [0.1, 0.15) is 0 Å². The van der Waals surface area contributed by atoms with E-state index in [0.29, 0.717) is 5.41 Å². The van der Waals surface area contributed by atoms with Crippen LogP contribution in [-0.2, 0) is 0 Å². The second kappa shape index (κ2) is 13.4. The molecule has 114 valence electrons. The van der Waals surface area contributed by atoms with Crippen molar-refractivity contribution >= 4 is 0 Å². The summed E-state index contributed by atoms with van der Waals surface area (Å²) in [6.45, 7) is 11.9. The lowest BCUT2D eigenvalue weighted by Crippen LogP contribution is -2.28. The molecule has 0 aromatic carbocycles. The highest BCUT2D eigenvalue weighted by Gasteiger charge is 2.31. The Labute approximate surface area is 116 Å². The molecule has 0 aromatic rings. The minimum Gasteiger partial charge on any atom is -0.344 e. The van der Waals surface area contributed by atoms with Gasteiger partial charge in [0.05, 0.1) is 0 Å². The first-order valence-electron chi connectivity index (χ1n) is 7.70. The van der Waals surface area contributed by atoms with E-state index in [1.165, 1.54) is 57.8 Å². The quantitative estimate of drug-likeness (QED) is 0.439. The Morgan fingerprint density at radius 1 is 0.722 bits per heavy atom. The van der Waals surface area contributed by atoms with Gasteiger partial charge in [0.25, 0.3) is 0 Å². The molecule has 1 atom stereocenters. The molecule has 6 N–H and O–H groups in total. The summed E-state index contributed by atoms with van der Waals surface area (Å²) in [7, 11) is 0. The standard InChI is InChI=1S/C16H34.2H3N/c1-6-11-12-13-14-15(7-2)16(8-3,9-4)10-5;;/h15H,6-14H2,1-5H3;2*1H3. The van der Waals surface area contributed by atoms with Crippen molar-refractivity contribution in [3.8, 4) is 0 Å². The Hall–Kier alpha value is -0.0800. The molecular formula is C16H40N2. The molecule has 0 radical (unpaired) electrons. The van der Waals surface area contributed by atoms with Gasteiger partial charge in [0.15, 0.2) is 0 Å². The molecular weight excluding hydrogens is 220 g/mol. The summed E-state index contributed by atoms with van der Waals surface area (Å²) in [5.41, 5.74) is 0.640. The first kappa shape index (κ1) is 23.0. The van der Waals surface area contributed by atoms with E-state index >= 15 is 0 Å². The molecule has 0 aliphatic rings. The van der Waals surface area contributed by atoms with E-state index in [2.05, 4.69) is 34.6 Å². The molecule has 0 saturated heterocycles. The maximum absolute atomic E-state index is 2.39. The lowest BCUT2D eigenvalue weighted by Gasteiger charge is -2.39. The van der Waals surface area contributed by atoms with Crippen LogP contribution in [0.25, 0.3) is 0 Å². The molecule has 1 unspecified atom stereocenters. The summed E-state index contributed by atoms with van der Waals surface area (Å²) in [5, 5.41) is 0. The minimum absolute atomic E-state index is 0. The smallest absolute Gasteiger partial charge is 0.0277 e. The van der Waals surface area contributed by atoms with Crippen LogP contribution < -0.4 is 12.3 Å². The van der Waals surface area contributed by atoms with Crippen molar-refractivity contribution in [2.75, 3.05) is 0 Å². The summed E-state index contributed by atoms with van der Waals surface area (Å²) in [4.78, 5) is 0. The molecule has 0 spiro atoms. The third-order valence-corrected chi connectivity index (χ3v) is 4.88. The van der Waals surface area contributed by atoms with E-state index in [9.17, 15) is 0 Å². The van der Waals surface area contributed by atoms with Crippen LogP contribution in [0.3, 0.4) is 0 Å². The summed E-state index contributed by atoms with van der Waals surface area (Å²) in [6.07, 6.45) is 12.6. The molecule has 0 fully saturated rings. The summed E-state index contributed by atoms with van der Waals surface area (Å²) in [6, 6.07) is 0. The Morgan fingerprint density at radius 2 is 1.22 bits per heavy atom. The third-order valence-electron chi connectivity index (χ3n) is 4.88. The molecule has 0 saturated carbocycles. The van der Waals surface area contributed by atoms with Crippen molar-refractivity contribution < 1.29 is 0 Å². The van der Waals surface area contributed by atoms with Gasteiger partial charge < -0.3 is 12.3 Å². The van der Waals surface area contributed by atoms with E-state index < -0.39 is 0 Å². The average Bonchev–Trinajstić information content (AvgIpc) is 2.34. The van der Waals surface area contributed by atoms with Crippen LogP contribution in [0.2, 0.25) is 0 Å². The van der Waals surface area contributed by atoms with Gasteiger partial charge in [0.2, 0.25) is 0 Å². The summed E-state index contributed by atoms with van der Waals surface area (Å²) >= 11 is 0. The van der Waals surface area contributed by atoms with Crippen molar-refractivity contribution in [2.45, 2.75) is 92.4 Å². The molecule has 2 heteroatoms. The first-order valence-corrected chi connectivity index (χ1v) is 7.70. The lowest BCUT2D eigenvalue weighted by atomic mass is 9.66. The zero-order valence-corrected chi connectivity index (χ0v) is 13.9. The number of hydrogen-bond acceptors (Lipinski definition) is 2. The monoisotopic (exact) mass is 260 g/mol. The Kier molecular flexibility index (Phi) is 17.1. The Morgan fingerprint density at radius 3 is 1.56 bits per heavy atom. The fraction of sp³-hybridized carbons (Fsp3) is 1.00. The van der Waals surface area contributed by atoms with Crippen LogP contribution in [0.5, 0.6) is 0 Å². The van der Waals surface area contributed by atoms with E-state index in [1.54, 1.807) is 0 Å². The van der Waals surface area contributed by atoms with Crippen LogP contribution in [0.4, 0.5) is 0 Å². The van der Waals surface area contributed by atoms with Crippen molar-refractivity contribution in [3.05, 3.63) is 0 Å². The zero-order chi connectivity index (χ0) is 12.4. The fourth-order valence-corrected chi connectivity index (χ4v) is 3.38. The molecule has 2 nitrogen and oxygen atoms in total. The molecule has 0 heterocycles. The largest absolute Gasteiger partial charge is 0.344 e. The van der Waals surface area contributed by atoms with Crippen LogP contribution in [0, 0.1) is 11.3 Å². The normalized spacial score (nSPS) is 12.5. The maximum Gasteiger partial charge on any atom is -0.0277 e. The van der Waals surface area contributed by atoms with Gasteiger partial charge in [-0.1, -0.05) is 86.0 Å². The summed E-state index contributed by atoms with van der Waals surface area (Å²) < 4.78 is 0. The molecule has 18 heavy (non-hydrogen) atoms. The number of unbranched alkanes of at least 4 members (excludes halogenated alkanes) is 3. The van der Waals surface area contributed by atoms with E-state index in [4.69, 9.17) is 0 Å². The number of rotatable bonds is 10. The second-order valence-electron chi connectivity index (χ2n) is 5.38. The van der Waals surface area contributed by atoms with Crippen molar-refractivity contribution in [1.82, 2.24) is 12.3 Å². The van der Waals surface area contributed by atoms with Gasteiger partial charge in [-0.25, -0.2) is 0 Å². The highest BCUT2D eigenvalue weighted by Crippen LogP contribution is 2.43. The Bertz CT molecular complexity index is 145. The fourth-order valence-electron chi connectivity index (χ4n) is 3.38. The predicted octanol–water partition coefficient (Wildman–Crippen LogP) is 6.52. The number of hydrogen-bond donors (Lipinski definition) is 2. The first-order chi connectivity index (χ1) is 7.70. The highest BCUT2D eigenvalue weighted by molar-refractivity contribution is 4.82. The molecule has 0 bridgehead atoms. The van der Waals surface area contributed by atoms with Crippen LogP contribution in [0.15, 0.2) is 0 Å². The topological polar surface area (TPSA) is 70.0 Å². The van der Waals surface area contributed by atoms with Crippen molar-refractivity contribution in [1.29, 1.82) is 0 Å². The van der Waals surface area contributed by atoms with Gasteiger partial charge in [0, 0.05) is 0 Å². The van der Waals surface area contributed by atoms with Crippen LogP contribution in [-0.4, -0.2) is 0 Å². The van der Waals surface area contributed by atoms with Gasteiger partial charge in [-0.15, -0.1) is 0 Å². The maximum atomic E-state index is 2.39. The third kappa shape index (κ3) is 6.75. The van der Waals surface area contributed by atoms with Crippen molar-refractivity contribution in [3.63, 3.8) is 0 Å². The van der Waals surface area contributed by atoms with Crippen molar-refractivity contribution in [2.24, 2.45) is 11.3 Å². The second-order valence-corrected chi connectivity index (χ2v) is 5.38. The molecule has 0 aliphatic carbocycles. The predicted molar refractivity (Wildman–Crippen MR) is 85.9 cm³/mol. The van der Waals surface area contributed by atoms with Gasteiger partial charge in [-0.2, -0.15) is 0 Å². The van der Waals surface area contributed by atoms with Crippen LogP contribution in [0.1, 0.15) is 92.4 Å². The van der Waals surface area contributed by atoms with E-state index in [0.717, 1.165) is 5.92 Å². The minimum atomic E-state index is 0. The van der Waals surface area contributed by atoms with E-state index in [1.807, 2.05) is 0 Å². The SMILES string of the molecule is CCCCCCC(CC)C(CC)(CC)CC.N.N. The van der Waals surface area contributed by atoms with E-state index in [-0.39, 0.29) is 12.3 Å². The van der Waals surface area contributed by atoms with Gasteiger partial charge >= 0.3 is 0 Å². The molecule has 0 aromatic heterocycles. The highest BCUT2D eigenvalue weighted by atomic mass is 14.4. The van der Waals surface area contributed by atoms with Gasteiger partial charge in [-0.05, 0) is 17.8 Å². The lowest BCUT2D eigenvalue weighted by molar-refractivity contribution is 0.119. The average molecular weight is 261 g/mol. The van der Waals surface area contributed by atoms with Gasteiger partial charge in [-0.3, -0.25) is 0 Å².